The van der Waals surface area contributed by atoms with Gasteiger partial charge in [0.1, 0.15) is 0 Å². The first-order chi connectivity index (χ1) is 6.27. The summed E-state index contributed by atoms with van der Waals surface area (Å²) in [5.74, 6) is 0.823. The molecule has 0 aliphatic heterocycles. The Morgan fingerprint density at radius 3 is 1.73 bits per heavy atom. The summed E-state index contributed by atoms with van der Waals surface area (Å²) in [6.45, 7) is 4.83. The number of aliphatic hydroxyl groups is 1. The zero-order valence-electron chi connectivity index (χ0n) is 8.68. The Morgan fingerprint density at radius 2 is 1.47 bits per heavy atom. The van der Waals surface area contributed by atoms with E-state index in [1.807, 2.05) is 0 Å². The van der Waals surface area contributed by atoms with Crippen molar-refractivity contribution in [2.24, 2.45) is 5.92 Å². The fourth-order valence-corrected chi connectivity index (χ4v) is 0.841. The van der Waals surface area contributed by atoms with Gasteiger partial charge in [-0.15, -0.1) is 0 Å². The molecular weight excluding hydrogens is 247 g/mol. The number of hydrogen-bond donors (Lipinski definition) is 3. The Kier molecular flexibility index (Phi) is 19.6. The molecule has 0 saturated heterocycles. The third-order valence-corrected chi connectivity index (χ3v) is 1.44. The van der Waals surface area contributed by atoms with Crippen molar-refractivity contribution >= 4 is 61.8 Å². The summed E-state index contributed by atoms with van der Waals surface area (Å²) >= 11 is 0. The van der Waals surface area contributed by atoms with Gasteiger partial charge in [0.25, 0.3) is 0 Å². The average Bonchev–Trinajstić information content (AvgIpc) is 1.94. The van der Waals surface area contributed by atoms with Crippen LogP contribution in [0.25, 0.3) is 0 Å². The summed E-state index contributed by atoms with van der Waals surface area (Å²) in [7, 11) is -4.67. The van der Waals surface area contributed by atoms with E-state index in [4.69, 9.17) is 22.6 Å². The molecule has 90 valence electrons. The summed E-state index contributed by atoms with van der Waals surface area (Å²) < 4.78 is 31.6. The summed E-state index contributed by atoms with van der Waals surface area (Å²) in [6, 6.07) is 0. The van der Waals surface area contributed by atoms with E-state index in [9.17, 15) is 0 Å². The summed E-state index contributed by atoms with van der Waals surface area (Å²) in [5, 5.41) is 8.43. The van der Waals surface area contributed by atoms with E-state index in [0.717, 1.165) is 12.3 Å². The van der Waals surface area contributed by atoms with Crippen LogP contribution in [0.15, 0.2) is 0 Å². The van der Waals surface area contributed by atoms with Crippen LogP contribution in [0.3, 0.4) is 0 Å². The monoisotopic (exact) mass is 268 g/mol. The molecule has 0 aromatic carbocycles. The van der Waals surface area contributed by atoms with Crippen molar-refractivity contribution in [2.75, 3.05) is 6.61 Å². The molecule has 0 aliphatic rings. The second-order valence-corrected chi connectivity index (χ2v) is 4.31. The van der Waals surface area contributed by atoms with Gasteiger partial charge in [0.15, 0.2) is 0 Å². The Bertz CT molecular complexity index is 195. The maximum atomic E-state index is 8.74. The quantitative estimate of drug-likeness (QED) is 0.391. The molecule has 0 fully saturated rings. The Labute approximate surface area is 135 Å². The SMILES string of the molecule is CC(C)CCCCCO.O=S(=O)(O)O.[KH]. The van der Waals surface area contributed by atoms with Gasteiger partial charge < -0.3 is 5.11 Å². The number of rotatable bonds is 5. The normalized spacial score (nSPS) is 10.3. The molecule has 0 aromatic heterocycles. The van der Waals surface area contributed by atoms with E-state index in [2.05, 4.69) is 13.8 Å². The van der Waals surface area contributed by atoms with Crippen molar-refractivity contribution in [1.29, 1.82) is 0 Å². The molecule has 3 N–H and O–H groups in total. The maximum absolute atomic E-state index is 8.74. The predicted octanol–water partition coefficient (Wildman–Crippen LogP) is 0.894. The van der Waals surface area contributed by atoms with Crippen LogP contribution >= 0.6 is 0 Å². The molecule has 0 spiro atoms. The van der Waals surface area contributed by atoms with E-state index in [-0.39, 0.29) is 51.4 Å². The topological polar surface area (TPSA) is 94.8 Å². The van der Waals surface area contributed by atoms with Crippen LogP contribution in [-0.2, 0) is 10.4 Å². The van der Waals surface area contributed by atoms with Gasteiger partial charge in [-0.25, -0.2) is 0 Å². The third-order valence-electron chi connectivity index (χ3n) is 1.44. The van der Waals surface area contributed by atoms with Crippen LogP contribution in [0, 0.1) is 5.92 Å². The molecule has 0 unspecified atom stereocenters. The van der Waals surface area contributed by atoms with Crippen LogP contribution in [0.4, 0.5) is 0 Å². The zero-order chi connectivity index (χ0) is 11.6. The van der Waals surface area contributed by atoms with Gasteiger partial charge >= 0.3 is 61.8 Å². The first-order valence-electron chi connectivity index (χ1n) is 4.58. The summed E-state index contributed by atoms with van der Waals surface area (Å²) in [4.78, 5) is 0. The molecule has 5 nitrogen and oxygen atoms in total. The Hall–Kier alpha value is 1.47. The van der Waals surface area contributed by atoms with Gasteiger partial charge in [0, 0.05) is 6.61 Å². The molecule has 0 bridgehead atoms. The van der Waals surface area contributed by atoms with Crippen molar-refractivity contribution in [2.45, 2.75) is 39.5 Å². The second-order valence-electron chi connectivity index (χ2n) is 3.41. The van der Waals surface area contributed by atoms with Gasteiger partial charge in [-0.05, 0) is 12.3 Å². The van der Waals surface area contributed by atoms with Crippen molar-refractivity contribution in [1.82, 2.24) is 0 Å². The zero-order valence-corrected chi connectivity index (χ0v) is 9.50. The molecule has 15 heavy (non-hydrogen) atoms. The molecule has 0 aromatic rings. The van der Waals surface area contributed by atoms with Crippen molar-refractivity contribution < 1.29 is 22.6 Å². The first kappa shape index (κ1) is 21.7. The number of unbranched alkanes of at least 4 members (excludes halogenated alkanes) is 2. The van der Waals surface area contributed by atoms with Gasteiger partial charge in [0.05, 0.1) is 0 Å². The third kappa shape index (κ3) is 50.3. The van der Waals surface area contributed by atoms with Crippen molar-refractivity contribution in [3.05, 3.63) is 0 Å². The molecule has 0 atom stereocenters. The summed E-state index contributed by atoms with van der Waals surface area (Å²) in [6.07, 6.45) is 4.75. The average molecular weight is 268 g/mol. The van der Waals surface area contributed by atoms with E-state index in [1.165, 1.54) is 19.3 Å². The first-order valence-corrected chi connectivity index (χ1v) is 5.97. The van der Waals surface area contributed by atoms with E-state index < -0.39 is 10.4 Å². The van der Waals surface area contributed by atoms with E-state index in [1.54, 1.807) is 0 Å². The van der Waals surface area contributed by atoms with Crippen LogP contribution < -0.4 is 0 Å². The van der Waals surface area contributed by atoms with Crippen molar-refractivity contribution in [3.8, 4) is 0 Å². The number of hydrogen-bond acceptors (Lipinski definition) is 3. The minimum atomic E-state index is -4.67. The minimum absolute atomic E-state index is 0. The molecule has 0 aliphatic carbocycles. The molecule has 0 saturated carbocycles. The Morgan fingerprint density at radius 1 is 1.07 bits per heavy atom. The number of aliphatic hydroxyl groups excluding tert-OH is 1. The van der Waals surface area contributed by atoms with Gasteiger partial charge in [-0.1, -0.05) is 33.1 Å². The molecule has 0 amide bonds. The molecule has 7 heteroatoms. The van der Waals surface area contributed by atoms with Gasteiger partial charge in [-0.2, -0.15) is 8.42 Å². The fourth-order valence-electron chi connectivity index (χ4n) is 0.841. The second kappa shape index (κ2) is 13.5. The van der Waals surface area contributed by atoms with E-state index in [0.29, 0.717) is 6.61 Å². The van der Waals surface area contributed by atoms with Crippen molar-refractivity contribution in [3.63, 3.8) is 0 Å². The van der Waals surface area contributed by atoms with Gasteiger partial charge in [0.2, 0.25) is 0 Å². The van der Waals surface area contributed by atoms with Crippen LogP contribution in [0.1, 0.15) is 39.5 Å². The molecule has 0 rings (SSSR count). The van der Waals surface area contributed by atoms with Crippen LogP contribution in [0.2, 0.25) is 0 Å². The van der Waals surface area contributed by atoms with E-state index >= 15 is 0 Å². The molecule has 0 heterocycles. The fraction of sp³-hybridized carbons (Fsp3) is 1.00. The standard InChI is InChI=1S/C8H18O.K.H2O4S.H/c1-8(2)6-4-3-5-7-9;;1-5(2,3)4;/h8-9H,3-7H2,1-2H3;;(H2,1,2,3,4);. The Balaban J connectivity index is -0.000000208. The predicted molar refractivity (Wildman–Crippen MR) is 61.7 cm³/mol. The van der Waals surface area contributed by atoms with Crippen LogP contribution in [-0.4, -0.2) is 80.6 Å². The molecule has 0 radical (unpaired) electrons. The van der Waals surface area contributed by atoms with Gasteiger partial charge in [-0.3, -0.25) is 9.11 Å². The van der Waals surface area contributed by atoms with Crippen LogP contribution in [0.5, 0.6) is 0 Å². The molecular formula is C8H21KO5S. The summed E-state index contributed by atoms with van der Waals surface area (Å²) in [5.41, 5.74) is 0.